The minimum absolute atomic E-state index is 0.0787. The Hall–Kier alpha value is -4.17. The molecule has 4 heterocycles. The predicted octanol–water partition coefficient (Wildman–Crippen LogP) is 2.62. The topological polar surface area (TPSA) is 171 Å². The van der Waals surface area contributed by atoms with Crippen molar-refractivity contribution in [2.45, 2.75) is 0 Å². The van der Waals surface area contributed by atoms with Crippen LogP contribution >= 0.6 is 11.3 Å². The molecule has 4 aromatic rings. The number of carboxylic acid groups (broad SMARTS) is 1. The second-order valence-corrected chi connectivity index (χ2v) is 6.51. The van der Waals surface area contributed by atoms with Crippen LogP contribution in [0.25, 0.3) is 32.7 Å². The standard InChI is InChI=1S/C17H12N6O2S.CH2O2/c1-25-17(24)15-10(7-20-23-15)8-4-12(22-16(19)9(8)6-18)13-5-14-11(21-13)2-3-26-14;2-1-3/h2-5,7,21H,1H3,(H2,19,22)(H,20,23);1H,(H,2,3). The zero-order valence-corrected chi connectivity index (χ0v) is 15.8. The van der Waals surface area contributed by atoms with Gasteiger partial charge in [0.15, 0.2) is 5.69 Å². The summed E-state index contributed by atoms with van der Waals surface area (Å²) in [6, 6.07) is 7.70. The van der Waals surface area contributed by atoms with E-state index in [2.05, 4.69) is 20.2 Å². The maximum atomic E-state index is 12.0. The van der Waals surface area contributed by atoms with Gasteiger partial charge in [0.1, 0.15) is 17.5 Å². The van der Waals surface area contributed by atoms with Crippen molar-refractivity contribution >= 4 is 39.8 Å². The molecule has 0 saturated carbocycles. The molecule has 0 fully saturated rings. The molecular formula is C18H14N6O4S. The zero-order chi connectivity index (χ0) is 21.0. The van der Waals surface area contributed by atoms with Crippen molar-refractivity contribution < 1.29 is 19.4 Å². The van der Waals surface area contributed by atoms with E-state index in [1.807, 2.05) is 23.6 Å². The molecule has 11 heteroatoms. The number of nitrogen functional groups attached to an aromatic ring is 1. The molecule has 4 rings (SSSR count). The molecule has 0 spiro atoms. The number of hydrogen-bond acceptors (Lipinski definition) is 8. The first-order chi connectivity index (χ1) is 14.0. The molecule has 5 N–H and O–H groups in total. The molecule has 0 aliphatic rings. The van der Waals surface area contributed by atoms with E-state index in [-0.39, 0.29) is 23.5 Å². The van der Waals surface area contributed by atoms with Crippen LogP contribution in [0.2, 0.25) is 0 Å². The van der Waals surface area contributed by atoms with Gasteiger partial charge in [-0.1, -0.05) is 0 Å². The number of thiophene rings is 1. The fourth-order valence-corrected chi connectivity index (χ4v) is 3.55. The van der Waals surface area contributed by atoms with Crippen LogP contribution in [0.5, 0.6) is 0 Å². The number of pyridine rings is 1. The highest BCUT2D eigenvalue weighted by Gasteiger charge is 2.21. The van der Waals surface area contributed by atoms with E-state index in [1.54, 1.807) is 17.4 Å². The van der Waals surface area contributed by atoms with Gasteiger partial charge in [0.25, 0.3) is 6.47 Å². The molecule has 0 atom stereocenters. The maximum Gasteiger partial charge on any atom is 0.356 e. The lowest BCUT2D eigenvalue weighted by Gasteiger charge is -2.09. The number of nitrogens with two attached hydrogens (primary N) is 1. The van der Waals surface area contributed by atoms with Crippen molar-refractivity contribution in [2.24, 2.45) is 0 Å². The first-order valence-electron chi connectivity index (χ1n) is 8.01. The predicted molar refractivity (Wildman–Crippen MR) is 106 cm³/mol. The third kappa shape index (κ3) is 3.64. The van der Waals surface area contributed by atoms with Crippen LogP contribution in [0.1, 0.15) is 16.1 Å². The first kappa shape index (κ1) is 19.6. The summed E-state index contributed by atoms with van der Waals surface area (Å²) < 4.78 is 5.85. The average molecular weight is 410 g/mol. The molecule has 29 heavy (non-hydrogen) atoms. The largest absolute Gasteiger partial charge is 0.483 e. The Morgan fingerprint density at radius 1 is 1.41 bits per heavy atom. The van der Waals surface area contributed by atoms with Gasteiger partial charge in [-0.25, -0.2) is 9.78 Å². The summed E-state index contributed by atoms with van der Waals surface area (Å²) in [5.41, 5.74) is 9.55. The van der Waals surface area contributed by atoms with Gasteiger partial charge in [0.05, 0.1) is 34.9 Å². The van der Waals surface area contributed by atoms with Crippen molar-refractivity contribution in [3.05, 3.63) is 41.0 Å². The number of nitrogens with one attached hydrogen (secondary N) is 2. The number of rotatable bonds is 3. The smallest absolute Gasteiger partial charge is 0.356 e. The molecule has 0 bridgehead atoms. The lowest BCUT2D eigenvalue weighted by Crippen LogP contribution is -2.05. The third-order valence-electron chi connectivity index (χ3n) is 3.99. The molecule has 0 aliphatic carbocycles. The van der Waals surface area contributed by atoms with E-state index < -0.39 is 5.97 Å². The Kier molecular flexibility index (Phi) is 5.56. The Labute approximate surface area is 167 Å². The fourth-order valence-electron chi connectivity index (χ4n) is 2.77. The quantitative estimate of drug-likeness (QED) is 0.295. The number of fused-ring (bicyclic) bond motifs is 1. The first-order valence-corrected chi connectivity index (χ1v) is 8.89. The van der Waals surface area contributed by atoms with Gasteiger partial charge in [-0.05, 0) is 23.6 Å². The van der Waals surface area contributed by atoms with Gasteiger partial charge in [-0.15, -0.1) is 11.3 Å². The number of hydrogen-bond donors (Lipinski definition) is 4. The van der Waals surface area contributed by atoms with Crippen LogP contribution in [-0.4, -0.2) is 44.8 Å². The summed E-state index contributed by atoms with van der Waals surface area (Å²) >= 11 is 1.61. The molecule has 0 saturated heterocycles. The number of nitriles is 1. The number of H-pyrrole nitrogens is 2. The van der Waals surface area contributed by atoms with E-state index in [9.17, 15) is 10.1 Å². The number of esters is 1. The third-order valence-corrected chi connectivity index (χ3v) is 4.86. The van der Waals surface area contributed by atoms with Gasteiger partial charge >= 0.3 is 5.97 Å². The Bertz CT molecular complexity index is 1200. The summed E-state index contributed by atoms with van der Waals surface area (Å²) in [6.07, 6.45) is 1.46. The van der Waals surface area contributed by atoms with Gasteiger partial charge in [0, 0.05) is 11.1 Å². The van der Waals surface area contributed by atoms with Crippen LogP contribution < -0.4 is 5.73 Å². The number of aromatic nitrogens is 4. The lowest BCUT2D eigenvalue weighted by atomic mass is 10.00. The minimum atomic E-state index is -0.585. The van der Waals surface area contributed by atoms with Crippen LogP contribution in [-0.2, 0) is 9.53 Å². The number of carbonyl (C=O) groups excluding carboxylic acids is 1. The highest BCUT2D eigenvalue weighted by atomic mass is 32.1. The normalized spacial score (nSPS) is 10.1. The molecular weight excluding hydrogens is 396 g/mol. The van der Waals surface area contributed by atoms with Crippen molar-refractivity contribution in [1.29, 1.82) is 5.26 Å². The molecule has 10 nitrogen and oxygen atoms in total. The molecule has 146 valence electrons. The number of nitrogens with zero attached hydrogens (tertiary/aromatic N) is 3. The Balaban J connectivity index is 0.000000755. The van der Waals surface area contributed by atoms with E-state index in [0.717, 1.165) is 15.9 Å². The molecule has 0 aromatic carbocycles. The van der Waals surface area contributed by atoms with Crippen LogP contribution in [0.4, 0.5) is 5.82 Å². The zero-order valence-electron chi connectivity index (χ0n) is 15.0. The minimum Gasteiger partial charge on any atom is -0.483 e. The summed E-state index contributed by atoms with van der Waals surface area (Å²) in [6.45, 7) is -0.250. The summed E-state index contributed by atoms with van der Waals surface area (Å²) in [5.74, 6) is -0.506. The number of aromatic amines is 2. The second kappa shape index (κ2) is 8.24. The Morgan fingerprint density at radius 2 is 2.17 bits per heavy atom. The van der Waals surface area contributed by atoms with Crippen LogP contribution in [0.15, 0.2) is 29.8 Å². The van der Waals surface area contributed by atoms with Gasteiger partial charge in [-0.3, -0.25) is 9.89 Å². The number of anilines is 1. The molecule has 0 unspecified atom stereocenters. The summed E-state index contributed by atoms with van der Waals surface area (Å²) in [4.78, 5) is 27.9. The second-order valence-electron chi connectivity index (χ2n) is 5.56. The van der Waals surface area contributed by atoms with Gasteiger partial charge in [0.2, 0.25) is 0 Å². The molecule has 4 aromatic heterocycles. The van der Waals surface area contributed by atoms with E-state index in [4.69, 9.17) is 20.4 Å². The van der Waals surface area contributed by atoms with E-state index in [1.165, 1.54) is 13.3 Å². The summed E-state index contributed by atoms with van der Waals surface area (Å²) in [7, 11) is 1.27. The van der Waals surface area contributed by atoms with Gasteiger partial charge < -0.3 is 20.6 Å². The molecule has 0 aliphatic heterocycles. The summed E-state index contributed by atoms with van der Waals surface area (Å²) in [5, 5.41) is 24.9. The van der Waals surface area contributed by atoms with Crippen molar-refractivity contribution in [3.63, 3.8) is 0 Å². The number of methoxy groups -OCH3 is 1. The lowest BCUT2D eigenvalue weighted by molar-refractivity contribution is -0.122. The maximum absolute atomic E-state index is 12.0. The van der Waals surface area contributed by atoms with Crippen LogP contribution in [0.3, 0.4) is 0 Å². The highest BCUT2D eigenvalue weighted by Crippen LogP contribution is 2.34. The van der Waals surface area contributed by atoms with E-state index >= 15 is 0 Å². The molecule has 0 amide bonds. The highest BCUT2D eigenvalue weighted by molar-refractivity contribution is 7.17. The fraction of sp³-hybridized carbons (Fsp3) is 0.0556. The van der Waals surface area contributed by atoms with Crippen molar-refractivity contribution in [2.75, 3.05) is 12.8 Å². The number of ether oxygens (including phenoxy) is 1. The van der Waals surface area contributed by atoms with Gasteiger partial charge in [-0.2, -0.15) is 10.4 Å². The van der Waals surface area contributed by atoms with Crippen LogP contribution in [0, 0.1) is 11.3 Å². The Morgan fingerprint density at radius 3 is 2.83 bits per heavy atom. The molecule has 0 radical (unpaired) electrons. The van der Waals surface area contributed by atoms with Crippen molar-refractivity contribution in [3.8, 4) is 28.6 Å². The van der Waals surface area contributed by atoms with E-state index in [0.29, 0.717) is 16.8 Å². The average Bonchev–Trinajstić information content (AvgIpc) is 3.43. The monoisotopic (exact) mass is 410 g/mol. The SMILES string of the molecule is COC(=O)c1[nH]ncc1-c1cc(-c2cc3sccc3[nH]2)nc(N)c1C#N.O=CO. The number of carbonyl (C=O) groups is 2. The van der Waals surface area contributed by atoms with Crippen molar-refractivity contribution in [1.82, 2.24) is 20.2 Å².